The van der Waals surface area contributed by atoms with Crippen LogP contribution in [0.2, 0.25) is 0 Å². The molecule has 3 nitrogen and oxygen atoms in total. The molecule has 0 amide bonds. The lowest BCUT2D eigenvalue weighted by Crippen LogP contribution is -1.87. The highest BCUT2D eigenvalue weighted by Crippen LogP contribution is 2.24. The van der Waals surface area contributed by atoms with Crippen molar-refractivity contribution in [3.05, 3.63) is 36.5 Å². The Morgan fingerprint density at radius 3 is 2.54 bits per heavy atom. The predicted molar refractivity (Wildman–Crippen MR) is 53.6 cm³/mol. The van der Waals surface area contributed by atoms with E-state index in [0.29, 0.717) is 11.4 Å². The highest BCUT2D eigenvalue weighted by Gasteiger charge is 2.03. The Bertz CT molecular complexity index is 373. The first-order valence-corrected chi connectivity index (χ1v) is 3.63. The molecule has 0 bridgehead atoms. The molecule has 0 aliphatic heterocycles. The van der Waals surface area contributed by atoms with Crippen LogP contribution >= 0.6 is 12.4 Å². The summed E-state index contributed by atoms with van der Waals surface area (Å²) < 4.78 is 4.97. The summed E-state index contributed by atoms with van der Waals surface area (Å²) in [6.07, 6.45) is 1.60. The zero-order valence-corrected chi connectivity index (χ0v) is 7.62. The van der Waals surface area contributed by atoms with Gasteiger partial charge < -0.3 is 10.3 Å². The van der Waals surface area contributed by atoms with Crippen molar-refractivity contribution in [2.45, 2.75) is 0 Å². The van der Waals surface area contributed by atoms with E-state index in [2.05, 4.69) is 5.16 Å². The summed E-state index contributed by atoms with van der Waals surface area (Å²) in [7, 11) is 0. The number of halogens is 1. The lowest BCUT2D eigenvalue weighted by atomic mass is 10.1. The third-order valence-electron chi connectivity index (χ3n) is 1.66. The van der Waals surface area contributed by atoms with Gasteiger partial charge in [0.2, 0.25) is 0 Å². The van der Waals surface area contributed by atoms with Gasteiger partial charge in [0.25, 0.3) is 0 Å². The molecule has 0 unspecified atom stereocenters. The van der Waals surface area contributed by atoms with Crippen molar-refractivity contribution in [1.29, 1.82) is 0 Å². The zero-order valence-electron chi connectivity index (χ0n) is 6.81. The fourth-order valence-electron chi connectivity index (χ4n) is 1.08. The fourth-order valence-corrected chi connectivity index (χ4v) is 1.08. The summed E-state index contributed by atoms with van der Waals surface area (Å²) in [5.41, 5.74) is 7.31. The molecule has 0 saturated carbocycles. The minimum Gasteiger partial charge on any atom is -0.398 e. The predicted octanol–water partition coefficient (Wildman–Crippen LogP) is 2.35. The first-order chi connectivity index (χ1) is 5.88. The lowest BCUT2D eigenvalue weighted by Gasteiger charge is -1.98. The maximum absolute atomic E-state index is 5.72. The smallest absolute Gasteiger partial charge is 0.168 e. The van der Waals surface area contributed by atoms with Crippen LogP contribution in [0.5, 0.6) is 0 Å². The summed E-state index contributed by atoms with van der Waals surface area (Å²) in [5, 5.41) is 3.61. The van der Waals surface area contributed by atoms with Gasteiger partial charge in [-0.05, 0) is 12.1 Å². The Morgan fingerprint density at radius 2 is 1.92 bits per heavy atom. The van der Waals surface area contributed by atoms with Crippen molar-refractivity contribution in [2.75, 3.05) is 5.73 Å². The van der Waals surface area contributed by atoms with Gasteiger partial charge in [0, 0.05) is 17.3 Å². The molecule has 2 rings (SSSR count). The SMILES string of the molecule is Cl.Nc1ccccc1-c1ccno1. The molecule has 0 fully saturated rings. The third kappa shape index (κ3) is 1.81. The van der Waals surface area contributed by atoms with Gasteiger partial charge in [-0.15, -0.1) is 12.4 Å². The molecule has 0 saturated heterocycles. The topological polar surface area (TPSA) is 52.0 Å². The number of hydrogen-bond donors (Lipinski definition) is 1. The Balaban J connectivity index is 0.000000845. The van der Waals surface area contributed by atoms with Gasteiger partial charge in [0.1, 0.15) is 0 Å². The number of para-hydroxylation sites is 1. The highest BCUT2D eigenvalue weighted by molar-refractivity contribution is 5.85. The van der Waals surface area contributed by atoms with Crippen molar-refractivity contribution in [3.63, 3.8) is 0 Å². The van der Waals surface area contributed by atoms with E-state index in [9.17, 15) is 0 Å². The summed E-state index contributed by atoms with van der Waals surface area (Å²) in [6.45, 7) is 0. The monoisotopic (exact) mass is 196 g/mol. The molecular weight excluding hydrogens is 188 g/mol. The minimum atomic E-state index is 0. The van der Waals surface area contributed by atoms with Gasteiger partial charge in [-0.3, -0.25) is 0 Å². The van der Waals surface area contributed by atoms with Gasteiger partial charge in [0.05, 0.1) is 6.20 Å². The average Bonchev–Trinajstić information content (AvgIpc) is 2.57. The second kappa shape index (κ2) is 3.96. The third-order valence-corrected chi connectivity index (χ3v) is 1.66. The van der Waals surface area contributed by atoms with Crippen LogP contribution in [0.3, 0.4) is 0 Å². The Labute approximate surface area is 81.9 Å². The summed E-state index contributed by atoms with van der Waals surface area (Å²) in [4.78, 5) is 0. The Kier molecular flexibility index (Phi) is 2.93. The highest BCUT2D eigenvalue weighted by atomic mass is 35.5. The molecule has 4 heteroatoms. The van der Waals surface area contributed by atoms with Crippen molar-refractivity contribution in [1.82, 2.24) is 5.16 Å². The molecule has 2 N–H and O–H groups in total. The molecule has 0 spiro atoms. The molecule has 2 aromatic rings. The average molecular weight is 197 g/mol. The van der Waals surface area contributed by atoms with E-state index in [1.165, 1.54) is 0 Å². The van der Waals surface area contributed by atoms with Crippen LogP contribution in [0.15, 0.2) is 41.1 Å². The van der Waals surface area contributed by atoms with Crippen LogP contribution in [0.25, 0.3) is 11.3 Å². The molecule has 13 heavy (non-hydrogen) atoms. The number of aromatic nitrogens is 1. The van der Waals surface area contributed by atoms with Crippen molar-refractivity contribution in [2.24, 2.45) is 0 Å². The maximum atomic E-state index is 5.72. The normalized spacial score (nSPS) is 9.23. The molecular formula is C9H9ClN2O. The Hall–Kier alpha value is -1.48. The van der Waals surface area contributed by atoms with E-state index >= 15 is 0 Å². The van der Waals surface area contributed by atoms with E-state index < -0.39 is 0 Å². The van der Waals surface area contributed by atoms with Crippen LogP contribution in [-0.2, 0) is 0 Å². The van der Waals surface area contributed by atoms with E-state index in [1.807, 2.05) is 24.3 Å². The van der Waals surface area contributed by atoms with E-state index in [1.54, 1.807) is 12.3 Å². The maximum Gasteiger partial charge on any atom is 0.168 e. The van der Waals surface area contributed by atoms with Gasteiger partial charge >= 0.3 is 0 Å². The second-order valence-electron chi connectivity index (χ2n) is 2.46. The van der Waals surface area contributed by atoms with Crippen molar-refractivity contribution < 1.29 is 4.52 Å². The molecule has 0 radical (unpaired) electrons. The summed E-state index contributed by atoms with van der Waals surface area (Å²) in [5.74, 6) is 0.702. The molecule has 68 valence electrons. The number of rotatable bonds is 1. The summed E-state index contributed by atoms with van der Waals surface area (Å²) in [6, 6.07) is 9.31. The number of nitrogens with two attached hydrogens (primary N) is 1. The lowest BCUT2D eigenvalue weighted by molar-refractivity contribution is 0.432. The van der Waals surface area contributed by atoms with Crippen LogP contribution in [0, 0.1) is 0 Å². The molecule has 1 heterocycles. The first-order valence-electron chi connectivity index (χ1n) is 3.63. The zero-order chi connectivity index (χ0) is 8.39. The number of benzene rings is 1. The van der Waals surface area contributed by atoms with E-state index in [4.69, 9.17) is 10.3 Å². The van der Waals surface area contributed by atoms with Gasteiger partial charge in [0.15, 0.2) is 5.76 Å². The van der Waals surface area contributed by atoms with Crippen LogP contribution in [0.1, 0.15) is 0 Å². The van der Waals surface area contributed by atoms with Gasteiger partial charge in [-0.1, -0.05) is 17.3 Å². The molecule has 0 aliphatic rings. The molecule has 1 aromatic carbocycles. The molecule has 1 aromatic heterocycles. The van der Waals surface area contributed by atoms with Crippen molar-refractivity contribution >= 4 is 18.1 Å². The van der Waals surface area contributed by atoms with Gasteiger partial charge in [-0.2, -0.15) is 0 Å². The van der Waals surface area contributed by atoms with Gasteiger partial charge in [-0.25, -0.2) is 0 Å². The Morgan fingerprint density at radius 1 is 1.15 bits per heavy atom. The standard InChI is InChI=1S/C9H8N2O.ClH/c10-8-4-2-1-3-7(8)9-5-6-11-12-9;/h1-6H,10H2;1H. The molecule has 0 aliphatic carbocycles. The van der Waals surface area contributed by atoms with E-state index in [-0.39, 0.29) is 12.4 Å². The molecule has 0 atom stereocenters. The van der Waals surface area contributed by atoms with Crippen molar-refractivity contribution in [3.8, 4) is 11.3 Å². The summed E-state index contributed by atoms with van der Waals surface area (Å²) >= 11 is 0. The largest absolute Gasteiger partial charge is 0.398 e. The number of hydrogen-bond acceptors (Lipinski definition) is 3. The fraction of sp³-hybridized carbons (Fsp3) is 0. The van der Waals surface area contributed by atoms with Crippen LogP contribution in [-0.4, -0.2) is 5.16 Å². The number of nitrogen functional groups attached to an aromatic ring is 1. The first kappa shape index (κ1) is 9.61. The minimum absolute atomic E-state index is 0. The quantitative estimate of drug-likeness (QED) is 0.713. The van der Waals surface area contributed by atoms with Crippen LogP contribution in [0.4, 0.5) is 5.69 Å². The second-order valence-corrected chi connectivity index (χ2v) is 2.46. The number of nitrogens with zero attached hydrogens (tertiary/aromatic N) is 1. The number of anilines is 1. The van der Waals surface area contributed by atoms with Crippen LogP contribution < -0.4 is 5.73 Å². The van der Waals surface area contributed by atoms with E-state index in [0.717, 1.165) is 5.56 Å².